The highest BCUT2D eigenvalue weighted by Gasteiger charge is 2.22. The molecule has 1 unspecified atom stereocenters. The highest BCUT2D eigenvalue weighted by atomic mass is 31.2. The summed E-state index contributed by atoms with van der Waals surface area (Å²) in [6.07, 6.45) is 34.2. The van der Waals surface area contributed by atoms with E-state index in [1.165, 1.54) is 38.5 Å². The van der Waals surface area contributed by atoms with Crippen LogP contribution in [0.1, 0.15) is 136 Å². The second kappa shape index (κ2) is 31.9. The number of ether oxygens (including phenoxy) is 2. The monoisotopic (exact) mass is 696 g/mol. The number of carbonyl (C=O) groups is 2. The van der Waals surface area contributed by atoms with Crippen molar-refractivity contribution in [1.82, 2.24) is 0 Å². The van der Waals surface area contributed by atoms with E-state index in [1.807, 2.05) is 42.5 Å². The summed E-state index contributed by atoms with van der Waals surface area (Å²) < 4.78 is 26.2. The molecule has 0 amide bonds. The molecule has 0 aromatic rings. The van der Waals surface area contributed by atoms with E-state index in [0.29, 0.717) is 32.1 Å². The van der Waals surface area contributed by atoms with E-state index >= 15 is 0 Å². The fourth-order valence-electron chi connectivity index (χ4n) is 4.62. The maximum atomic E-state index is 12.3. The number of aliphatic hydroxyl groups excluding tert-OH is 1. The number of unbranched alkanes of at least 4 members (excludes halogenated alkanes) is 9. The number of carbonyl (C=O) groups excluding carboxylic acids is 2. The molecule has 0 aliphatic rings. The van der Waals surface area contributed by atoms with E-state index in [0.717, 1.165) is 38.0 Å². The van der Waals surface area contributed by atoms with Gasteiger partial charge in [-0.2, -0.15) is 0 Å². The van der Waals surface area contributed by atoms with Crippen molar-refractivity contribution in [3.8, 4) is 0 Å². The van der Waals surface area contributed by atoms with E-state index in [-0.39, 0.29) is 19.4 Å². The standard InChI is InChI=1S/C38H65O9P/c1-4-5-6-7-18-23-28-35(39)29-24-19-14-11-12-16-21-26-31-38(41)47-36(33-46-48(42,43)44)32-45-37(40)30-25-20-15-10-8-9-13-17-22-27-34(2)3/h5-6,12,14,16,18-19,23-24,29,34-36,39H,4,7-11,13,15,17,20-22,25-28,30-33H2,1-3H3,(H2,42,43,44)/b6-5-,16-12-,19-14-,23-18-,29-24+/t35?,36-/m1/s1. The Morgan fingerprint density at radius 2 is 1.31 bits per heavy atom. The van der Waals surface area contributed by atoms with Crippen LogP contribution in [0.2, 0.25) is 0 Å². The first kappa shape index (κ1) is 45.7. The molecule has 276 valence electrons. The lowest BCUT2D eigenvalue weighted by Gasteiger charge is -2.18. The summed E-state index contributed by atoms with van der Waals surface area (Å²) >= 11 is 0. The van der Waals surface area contributed by atoms with Crippen LogP contribution in [-0.2, 0) is 28.2 Å². The van der Waals surface area contributed by atoms with Crippen molar-refractivity contribution < 1.29 is 43.0 Å². The number of esters is 2. The predicted molar refractivity (Wildman–Crippen MR) is 194 cm³/mol. The average Bonchev–Trinajstić information content (AvgIpc) is 3.03. The van der Waals surface area contributed by atoms with E-state index in [2.05, 4.69) is 37.4 Å². The van der Waals surface area contributed by atoms with Crippen molar-refractivity contribution in [3.63, 3.8) is 0 Å². The zero-order chi connectivity index (χ0) is 35.7. The Kier molecular flexibility index (Phi) is 30.4. The topological polar surface area (TPSA) is 140 Å². The van der Waals surface area contributed by atoms with Gasteiger partial charge in [-0.3, -0.25) is 14.1 Å². The van der Waals surface area contributed by atoms with Gasteiger partial charge in [-0.15, -0.1) is 0 Å². The number of hydrogen-bond donors (Lipinski definition) is 3. The summed E-state index contributed by atoms with van der Waals surface area (Å²) in [5, 5.41) is 9.96. The van der Waals surface area contributed by atoms with E-state index < -0.39 is 38.6 Å². The Morgan fingerprint density at radius 1 is 0.708 bits per heavy atom. The minimum atomic E-state index is -4.78. The Bertz CT molecular complexity index is 994. The Balaban J connectivity index is 4.19. The molecule has 0 aromatic heterocycles. The number of hydrogen-bond acceptors (Lipinski definition) is 7. The third kappa shape index (κ3) is 35.0. The third-order valence-electron chi connectivity index (χ3n) is 7.31. The smallest absolute Gasteiger partial charge is 0.462 e. The fraction of sp³-hybridized carbons (Fsp3) is 0.684. The number of phosphoric ester groups is 1. The largest absolute Gasteiger partial charge is 0.469 e. The van der Waals surface area contributed by atoms with Gasteiger partial charge in [0.1, 0.15) is 6.61 Å². The molecule has 0 fully saturated rings. The van der Waals surface area contributed by atoms with Crippen LogP contribution in [0, 0.1) is 5.92 Å². The van der Waals surface area contributed by atoms with Crippen LogP contribution in [0.3, 0.4) is 0 Å². The lowest BCUT2D eigenvalue weighted by atomic mass is 10.0. The molecule has 0 spiro atoms. The number of allylic oxidation sites excluding steroid dienone is 8. The first-order valence-corrected chi connectivity index (χ1v) is 19.6. The van der Waals surface area contributed by atoms with Crippen LogP contribution < -0.4 is 0 Å². The van der Waals surface area contributed by atoms with Crippen LogP contribution in [0.25, 0.3) is 0 Å². The Labute approximate surface area is 290 Å². The van der Waals surface area contributed by atoms with Crippen LogP contribution in [0.4, 0.5) is 0 Å². The molecule has 0 aliphatic carbocycles. The zero-order valence-electron chi connectivity index (χ0n) is 29.9. The molecule has 0 aromatic carbocycles. The van der Waals surface area contributed by atoms with Gasteiger partial charge in [0.05, 0.1) is 12.7 Å². The zero-order valence-corrected chi connectivity index (χ0v) is 30.8. The molecular weight excluding hydrogens is 631 g/mol. The van der Waals surface area contributed by atoms with Gasteiger partial charge < -0.3 is 24.4 Å². The second-order valence-corrected chi connectivity index (χ2v) is 13.7. The van der Waals surface area contributed by atoms with Crippen molar-refractivity contribution in [2.45, 2.75) is 149 Å². The quantitative estimate of drug-likeness (QED) is 0.0213. The van der Waals surface area contributed by atoms with Crippen molar-refractivity contribution in [3.05, 3.63) is 60.8 Å². The lowest BCUT2D eigenvalue weighted by Crippen LogP contribution is -2.29. The molecule has 0 radical (unpaired) electrons. The van der Waals surface area contributed by atoms with E-state index in [9.17, 15) is 19.3 Å². The van der Waals surface area contributed by atoms with Gasteiger partial charge in [0.2, 0.25) is 0 Å². The number of phosphoric acid groups is 1. The molecule has 2 atom stereocenters. The summed E-state index contributed by atoms with van der Waals surface area (Å²) in [4.78, 5) is 42.6. The third-order valence-corrected chi connectivity index (χ3v) is 7.79. The average molecular weight is 697 g/mol. The molecular formula is C38H65O9P. The summed E-state index contributed by atoms with van der Waals surface area (Å²) in [7, 11) is -4.78. The van der Waals surface area contributed by atoms with Crippen LogP contribution >= 0.6 is 7.82 Å². The molecule has 0 saturated carbocycles. The molecule has 0 rings (SSSR count). The van der Waals surface area contributed by atoms with Gasteiger partial charge in [0, 0.05) is 12.8 Å². The van der Waals surface area contributed by atoms with Crippen molar-refractivity contribution in [2.24, 2.45) is 5.92 Å². The van der Waals surface area contributed by atoms with Gasteiger partial charge in [-0.05, 0) is 50.9 Å². The van der Waals surface area contributed by atoms with Gasteiger partial charge in [0.25, 0.3) is 0 Å². The summed E-state index contributed by atoms with van der Waals surface area (Å²) in [6, 6.07) is 0. The molecule has 0 heterocycles. The summed E-state index contributed by atoms with van der Waals surface area (Å²) in [5.74, 6) is -0.220. The summed E-state index contributed by atoms with van der Waals surface area (Å²) in [6.45, 7) is 5.71. The van der Waals surface area contributed by atoms with Gasteiger partial charge >= 0.3 is 19.8 Å². The van der Waals surface area contributed by atoms with E-state index in [1.54, 1.807) is 6.08 Å². The lowest BCUT2D eigenvalue weighted by molar-refractivity contribution is -0.161. The minimum Gasteiger partial charge on any atom is -0.462 e. The minimum absolute atomic E-state index is 0.0996. The molecule has 0 saturated heterocycles. The molecule has 10 heteroatoms. The summed E-state index contributed by atoms with van der Waals surface area (Å²) in [5.41, 5.74) is 0. The van der Waals surface area contributed by atoms with Crippen molar-refractivity contribution >= 4 is 19.8 Å². The van der Waals surface area contributed by atoms with Crippen molar-refractivity contribution in [1.29, 1.82) is 0 Å². The number of rotatable bonds is 31. The normalized spacial score (nSPS) is 14.0. The highest BCUT2D eigenvalue weighted by molar-refractivity contribution is 7.46. The SMILES string of the molecule is CC/C=C\C/C=C\CC(O)/C=C/C=C\C/C=C\CCCC(=O)O[C@H](COC(=O)CCCCCCCCCCCC(C)C)COP(=O)(O)O. The van der Waals surface area contributed by atoms with Gasteiger partial charge in [-0.25, -0.2) is 4.57 Å². The van der Waals surface area contributed by atoms with Gasteiger partial charge in [0.15, 0.2) is 6.10 Å². The molecule has 0 bridgehead atoms. The Morgan fingerprint density at radius 3 is 1.98 bits per heavy atom. The highest BCUT2D eigenvalue weighted by Crippen LogP contribution is 2.35. The maximum Gasteiger partial charge on any atom is 0.469 e. The van der Waals surface area contributed by atoms with E-state index in [4.69, 9.17) is 19.3 Å². The van der Waals surface area contributed by atoms with Crippen LogP contribution in [-0.4, -0.2) is 52.3 Å². The number of aliphatic hydroxyl groups is 1. The fourth-order valence-corrected chi connectivity index (χ4v) is 4.98. The van der Waals surface area contributed by atoms with Crippen molar-refractivity contribution in [2.75, 3.05) is 13.2 Å². The molecule has 0 aliphatic heterocycles. The van der Waals surface area contributed by atoms with Crippen LogP contribution in [0.15, 0.2) is 60.8 Å². The predicted octanol–water partition coefficient (Wildman–Crippen LogP) is 9.39. The second-order valence-electron chi connectivity index (χ2n) is 12.5. The Hall–Kier alpha value is -2.29. The molecule has 9 nitrogen and oxygen atoms in total. The first-order chi connectivity index (χ1) is 23.0. The molecule has 48 heavy (non-hydrogen) atoms. The van der Waals surface area contributed by atoms with Crippen LogP contribution in [0.5, 0.6) is 0 Å². The first-order valence-electron chi connectivity index (χ1n) is 18.0. The molecule has 3 N–H and O–H groups in total. The maximum absolute atomic E-state index is 12.3. The van der Waals surface area contributed by atoms with Gasteiger partial charge in [-0.1, -0.05) is 139 Å².